The first kappa shape index (κ1) is 15.9. The molecule has 0 spiro atoms. The van der Waals surface area contributed by atoms with Gasteiger partial charge in [-0.25, -0.2) is 4.79 Å². The van der Waals surface area contributed by atoms with E-state index in [4.69, 9.17) is 9.99 Å². The predicted molar refractivity (Wildman–Crippen MR) is 62.2 cm³/mol. The zero-order chi connectivity index (χ0) is 13.7. The number of hydrogen-bond donors (Lipinski definition) is 1. The fraction of sp³-hybridized carbons (Fsp3) is 0.833. The summed E-state index contributed by atoms with van der Waals surface area (Å²) in [6.45, 7) is 9.82. The Labute approximate surface area is 102 Å². The third kappa shape index (κ3) is 9.81. The molecule has 0 aromatic rings. The van der Waals surface area contributed by atoms with Crippen LogP contribution in [0, 0.1) is 5.41 Å². The summed E-state index contributed by atoms with van der Waals surface area (Å²) < 4.78 is 0. The highest BCUT2D eigenvalue weighted by molar-refractivity contribution is 5.76. The molecule has 0 aromatic heterocycles. The maximum Gasteiger partial charge on any atom is 0.342 e. The van der Waals surface area contributed by atoms with Crippen molar-refractivity contribution in [3.8, 4) is 0 Å². The first-order chi connectivity index (χ1) is 7.52. The third-order valence-electron chi connectivity index (χ3n) is 1.86. The topological polar surface area (TPSA) is 72.8 Å². The van der Waals surface area contributed by atoms with E-state index in [0.29, 0.717) is 6.42 Å². The van der Waals surface area contributed by atoms with E-state index in [0.717, 1.165) is 0 Å². The molecule has 5 nitrogen and oxygen atoms in total. The Balaban J connectivity index is 4.01. The molecule has 0 atom stereocenters. The molecule has 0 fully saturated rings. The summed E-state index contributed by atoms with van der Waals surface area (Å²) in [6.07, 6.45) is 0.287. The van der Waals surface area contributed by atoms with Gasteiger partial charge in [0.1, 0.15) is 5.60 Å². The highest BCUT2D eigenvalue weighted by atomic mass is 17.2. The lowest BCUT2D eigenvalue weighted by atomic mass is 9.84. The first-order valence-corrected chi connectivity index (χ1v) is 5.62. The number of hydrogen-bond acceptors (Lipinski definition) is 4. The minimum absolute atomic E-state index is 0.0526. The summed E-state index contributed by atoms with van der Waals surface area (Å²) in [7, 11) is 0. The fourth-order valence-electron chi connectivity index (χ4n) is 1.72. The van der Waals surface area contributed by atoms with Crippen LogP contribution in [0.25, 0.3) is 0 Å². The van der Waals surface area contributed by atoms with E-state index in [1.807, 2.05) is 13.8 Å². The van der Waals surface area contributed by atoms with E-state index in [9.17, 15) is 9.59 Å². The van der Waals surface area contributed by atoms with Crippen molar-refractivity contribution in [2.75, 3.05) is 0 Å². The van der Waals surface area contributed by atoms with Gasteiger partial charge >= 0.3 is 11.9 Å². The van der Waals surface area contributed by atoms with Crippen molar-refractivity contribution >= 4 is 11.9 Å². The minimum atomic E-state index is -1.03. The second kappa shape index (κ2) is 6.00. The Morgan fingerprint density at radius 2 is 1.59 bits per heavy atom. The molecule has 1 N–H and O–H groups in total. The van der Waals surface area contributed by atoms with Gasteiger partial charge in [0.2, 0.25) is 0 Å². The molecular weight excluding hydrogens is 224 g/mol. The molecule has 0 aromatic carbocycles. The van der Waals surface area contributed by atoms with Gasteiger partial charge in [-0.1, -0.05) is 20.8 Å². The van der Waals surface area contributed by atoms with Gasteiger partial charge in [0.05, 0.1) is 12.8 Å². The zero-order valence-corrected chi connectivity index (χ0v) is 11.2. The highest BCUT2D eigenvalue weighted by Gasteiger charge is 2.28. The van der Waals surface area contributed by atoms with Crippen LogP contribution in [-0.4, -0.2) is 22.6 Å². The van der Waals surface area contributed by atoms with Crippen LogP contribution in [0.5, 0.6) is 0 Å². The molecule has 100 valence electrons. The van der Waals surface area contributed by atoms with Gasteiger partial charge in [-0.15, -0.1) is 0 Å². The smallest absolute Gasteiger partial charge is 0.342 e. The van der Waals surface area contributed by atoms with Crippen LogP contribution >= 0.6 is 0 Å². The number of carbonyl (C=O) groups is 2. The summed E-state index contributed by atoms with van der Waals surface area (Å²) in [5.74, 6) is -1.69. The third-order valence-corrected chi connectivity index (χ3v) is 1.86. The van der Waals surface area contributed by atoms with Crippen molar-refractivity contribution in [2.45, 2.75) is 59.5 Å². The minimum Gasteiger partial charge on any atom is -0.481 e. The van der Waals surface area contributed by atoms with Crippen molar-refractivity contribution < 1.29 is 24.5 Å². The first-order valence-electron chi connectivity index (χ1n) is 5.62. The van der Waals surface area contributed by atoms with Crippen LogP contribution in [0.15, 0.2) is 0 Å². The van der Waals surface area contributed by atoms with Crippen LogP contribution in [-0.2, 0) is 19.4 Å². The summed E-state index contributed by atoms with van der Waals surface area (Å²) in [4.78, 5) is 31.1. The highest BCUT2D eigenvalue weighted by Crippen LogP contribution is 2.29. The SMILES string of the molecule is CC(C)(C)CC(C)(C)OOC(=O)CCC(=O)O. The van der Waals surface area contributed by atoms with E-state index >= 15 is 0 Å². The van der Waals surface area contributed by atoms with Crippen LogP contribution in [0.4, 0.5) is 0 Å². The lowest BCUT2D eigenvalue weighted by Gasteiger charge is -2.30. The molecule has 0 aliphatic rings. The normalized spacial score (nSPS) is 12.3. The molecule has 0 saturated heterocycles. The summed E-state index contributed by atoms with van der Waals surface area (Å²) in [5.41, 5.74) is -0.534. The monoisotopic (exact) mass is 246 g/mol. The van der Waals surface area contributed by atoms with Crippen molar-refractivity contribution in [1.82, 2.24) is 0 Å². The zero-order valence-electron chi connectivity index (χ0n) is 11.2. The van der Waals surface area contributed by atoms with Gasteiger partial charge in [0.25, 0.3) is 0 Å². The summed E-state index contributed by atoms with van der Waals surface area (Å²) >= 11 is 0. The average molecular weight is 246 g/mol. The molecule has 0 amide bonds. The molecule has 0 aliphatic heterocycles. The Hall–Kier alpha value is -1.10. The van der Waals surface area contributed by atoms with Crippen LogP contribution in [0.3, 0.4) is 0 Å². The van der Waals surface area contributed by atoms with Gasteiger partial charge in [-0.2, -0.15) is 4.89 Å². The summed E-state index contributed by atoms with van der Waals surface area (Å²) in [6, 6.07) is 0. The maximum absolute atomic E-state index is 11.1. The molecule has 0 aliphatic carbocycles. The number of carboxylic acid groups (broad SMARTS) is 1. The number of carboxylic acids is 1. The quantitative estimate of drug-likeness (QED) is 0.576. The molecule has 5 heteroatoms. The standard InChI is InChI=1S/C12H22O5/c1-11(2,3)8-12(4,5)17-16-10(15)7-6-9(13)14/h6-8H2,1-5H3,(H,13,14). The van der Waals surface area contributed by atoms with Crippen molar-refractivity contribution in [3.63, 3.8) is 0 Å². The van der Waals surface area contributed by atoms with Gasteiger partial charge in [-0.05, 0) is 25.7 Å². The van der Waals surface area contributed by atoms with Crippen LogP contribution in [0.1, 0.15) is 53.9 Å². The Morgan fingerprint density at radius 1 is 1.06 bits per heavy atom. The molecular formula is C12H22O5. The van der Waals surface area contributed by atoms with E-state index < -0.39 is 17.5 Å². The number of aliphatic carboxylic acids is 1. The molecule has 0 saturated carbocycles. The second-order valence-corrected chi connectivity index (χ2v) is 5.93. The molecule has 0 heterocycles. The van der Waals surface area contributed by atoms with Crippen molar-refractivity contribution in [2.24, 2.45) is 5.41 Å². The van der Waals surface area contributed by atoms with Gasteiger partial charge in [0, 0.05) is 0 Å². The lowest BCUT2D eigenvalue weighted by Crippen LogP contribution is -2.31. The van der Waals surface area contributed by atoms with Crippen LogP contribution < -0.4 is 0 Å². The average Bonchev–Trinajstić information content (AvgIpc) is 2.07. The van der Waals surface area contributed by atoms with Crippen LogP contribution in [0.2, 0.25) is 0 Å². The molecule has 17 heavy (non-hydrogen) atoms. The van der Waals surface area contributed by atoms with E-state index in [2.05, 4.69) is 25.7 Å². The lowest BCUT2D eigenvalue weighted by molar-refractivity contribution is -0.329. The molecule has 0 bridgehead atoms. The number of rotatable bonds is 6. The predicted octanol–water partition coefficient (Wildman–Crippen LogP) is 2.54. The Bertz CT molecular complexity index is 275. The van der Waals surface area contributed by atoms with Gasteiger partial charge < -0.3 is 5.11 Å². The van der Waals surface area contributed by atoms with Crippen molar-refractivity contribution in [1.29, 1.82) is 0 Å². The van der Waals surface area contributed by atoms with Gasteiger partial charge in [0.15, 0.2) is 0 Å². The molecule has 0 rings (SSSR count). The molecule has 0 radical (unpaired) electrons. The fourth-order valence-corrected chi connectivity index (χ4v) is 1.72. The van der Waals surface area contributed by atoms with Crippen molar-refractivity contribution in [3.05, 3.63) is 0 Å². The molecule has 0 unspecified atom stereocenters. The summed E-state index contributed by atoms with van der Waals surface area (Å²) in [5, 5.41) is 8.39. The largest absolute Gasteiger partial charge is 0.481 e. The van der Waals surface area contributed by atoms with E-state index in [1.54, 1.807) is 0 Å². The van der Waals surface area contributed by atoms with E-state index in [-0.39, 0.29) is 18.3 Å². The van der Waals surface area contributed by atoms with E-state index in [1.165, 1.54) is 0 Å². The number of carbonyl (C=O) groups excluding carboxylic acids is 1. The maximum atomic E-state index is 11.1. The van der Waals surface area contributed by atoms with Gasteiger partial charge in [-0.3, -0.25) is 9.68 Å². The second-order valence-electron chi connectivity index (χ2n) is 5.93. The Morgan fingerprint density at radius 3 is 2.00 bits per heavy atom. The Kier molecular flexibility index (Phi) is 5.61.